The largest absolute Gasteiger partial charge is 0.312 e. The summed E-state index contributed by atoms with van der Waals surface area (Å²) in [5, 5.41) is 0.868. The van der Waals surface area contributed by atoms with Crippen LogP contribution in [0.25, 0.3) is 10.9 Å². The molecule has 0 bridgehead atoms. The van der Waals surface area contributed by atoms with Crippen molar-refractivity contribution in [2.75, 3.05) is 0 Å². The molecular formula is C10H8BrNO3S. The number of benzene rings is 1. The molecule has 6 heteroatoms. The van der Waals surface area contributed by atoms with Crippen LogP contribution in [0.2, 0.25) is 0 Å². The van der Waals surface area contributed by atoms with Gasteiger partial charge in [0.25, 0.3) is 0 Å². The molecule has 0 spiro atoms. The number of para-hydroxylation sites is 1. The van der Waals surface area contributed by atoms with Crippen molar-refractivity contribution < 1.29 is 13.0 Å². The van der Waals surface area contributed by atoms with Gasteiger partial charge in [0.15, 0.2) is 5.03 Å². The standard InChI is InChI=1S/C10H8BrNO3S/c11-6-8-5-7-3-1-2-4-9(7)12-10(8)16(13,14)15/h1-5H,6H2,(H,13,14,15). The van der Waals surface area contributed by atoms with Gasteiger partial charge in [-0.05, 0) is 12.1 Å². The van der Waals surface area contributed by atoms with Crippen LogP contribution in [0.1, 0.15) is 5.56 Å². The maximum absolute atomic E-state index is 11.1. The first-order valence-electron chi connectivity index (χ1n) is 4.44. The summed E-state index contributed by atoms with van der Waals surface area (Å²) < 4.78 is 31.3. The van der Waals surface area contributed by atoms with Crippen LogP contribution in [0.4, 0.5) is 0 Å². The third-order valence-corrected chi connectivity index (χ3v) is 3.60. The lowest BCUT2D eigenvalue weighted by Crippen LogP contribution is -2.05. The maximum Gasteiger partial charge on any atom is 0.312 e. The zero-order chi connectivity index (χ0) is 11.8. The van der Waals surface area contributed by atoms with E-state index in [2.05, 4.69) is 20.9 Å². The molecule has 1 aromatic carbocycles. The van der Waals surface area contributed by atoms with E-state index in [1.807, 2.05) is 12.1 Å². The molecule has 0 unspecified atom stereocenters. The molecule has 0 aliphatic heterocycles. The summed E-state index contributed by atoms with van der Waals surface area (Å²) in [4.78, 5) is 3.95. The Kier molecular flexibility index (Phi) is 2.96. The van der Waals surface area contributed by atoms with Gasteiger partial charge in [-0.2, -0.15) is 8.42 Å². The zero-order valence-electron chi connectivity index (χ0n) is 8.09. The molecule has 0 atom stereocenters. The fraction of sp³-hybridized carbons (Fsp3) is 0.100. The number of nitrogens with zero attached hydrogens (tertiary/aromatic N) is 1. The second-order valence-electron chi connectivity index (χ2n) is 3.25. The van der Waals surface area contributed by atoms with Crippen LogP contribution < -0.4 is 0 Å². The van der Waals surface area contributed by atoms with E-state index in [4.69, 9.17) is 4.55 Å². The number of pyridine rings is 1. The van der Waals surface area contributed by atoms with E-state index in [0.717, 1.165) is 5.39 Å². The molecule has 0 aliphatic carbocycles. The van der Waals surface area contributed by atoms with Gasteiger partial charge in [0.1, 0.15) is 0 Å². The molecule has 4 nitrogen and oxygen atoms in total. The molecule has 1 N–H and O–H groups in total. The van der Waals surface area contributed by atoms with Crippen molar-refractivity contribution in [3.63, 3.8) is 0 Å². The van der Waals surface area contributed by atoms with Crippen molar-refractivity contribution in [3.8, 4) is 0 Å². The van der Waals surface area contributed by atoms with E-state index in [-0.39, 0.29) is 5.03 Å². The third-order valence-electron chi connectivity index (χ3n) is 2.15. The van der Waals surface area contributed by atoms with Crippen LogP contribution in [0.5, 0.6) is 0 Å². The highest BCUT2D eigenvalue weighted by molar-refractivity contribution is 9.08. The molecule has 1 heterocycles. The molecule has 16 heavy (non-hydrogen) atoms. The fourth-order valence-electron chi connectivity index (χ4n) is 1.46. The summed E-state index contributed by atoms with van der Waals surface area (Å²) in [5.41, 5.74) is 0.987. The SMILES string of the molecule is O=S(=O)(O)c1nc2ccccc2cc1CBr. The lowest BCUT2D eigenvalue weighted by molar-refractivity contribution is 0.479. The first-order chi connectivity index (χ1) is 7.52. The van der Waals surface area contributed by atoms with E-state index in [1.54, 1.807) is 18.2 Å². The van der Waals surface area contributed by atoms with Gasteiger partial charge in [-0.25, -0.2) is 4.98 Å². The molecule has 0 amide bonds. The van der Waals surface area contributed by atoms with Gasteiger partial charge in [-0.1, -0.05) is 34.1 Å². The number of rotatable bonds is 2. The van der Waals surface area contributed by atoms with E-state index in [1.165, 1.54) is 0 Å². The quantitative estimate of drug-likeness (QED) is 0.683. The van der Waals surface area contributed by atoms with Crippen molar-refractivity contribution in [3.05, 3.63) is 35.9 Å². The van der Waals surface area contributed by atoms with E-state index >= 15 is 0 Å². The van der Waals surface area contributed by atoms with Crippen LogP contribution in [-0.2, 0) is 15.4 Å². The minimum absolute atomic E-state index is 0.289. The first-order valence-corrected chi connectivity index (χ1v) is 7.00. The van der Waals surface area contributed by atoms with Gasteiger partial charge < -0.3 is 0 Å². The minimum atomic E-state index is -4.28. The summed E-state index contributed by atoms with van der Waals surface area (Å²) in [6.45, 7) is 0. The van der Waals surface area contributed by atoms with Crippen LogP contribution in [0.15, 0.2) is 35.4 Å². The van der Waals surface area contributed by atoms with Gasteiger partial charge in [-0.3, -0.25) is 4.55 Å². The lowest BCUT2D eigenvalue weighted by Gasteiger charge is -2.05. The van der Waals surface area contributed by atoms with Crippen molar-refractivity contribution in [2.45, 2.75) is 10.4 Å². The average molecular weight is 302 g/mol. The normalized spacial score (nSPS) is 11.9. The van der Waals surface area contributed by atoms with E-state index < -0.39 is 10.1 Å². The molecular weight excluding hydrogens is 294 g/mol. The van der Waals surface area contributed by atoms with E-state index in [0.29, 0.717) is 16.4 Å². The molecule has 0 radical (unpaired) electrons. The number of alkyl halides is 1. The van der Waals surface area contributed by atoms with Crippen molar-refractivity contribution in [1.29, 1.82) is 0 Å². The van der Waals surface area contributed by atoms with Gasteiger partial charge in [0.2, 0.25) is 0 Å². The first kappa shape index (κ1) is 11.5. The fourth-order valence-corrected chi connectivity index (χ4v) is 2.75. The second-order valence-corrected chi connectivity index (χ2v) is 5.15. The third kappa shape index (κ3) is 2.09. The number of fused-ring (bicyclic) bond motifs is 1. The number of aromatic nitrogens is 1. The van der Waals surface area contributed by atoms with Crippen molar-refractivity contribution >= 4 is 37.0 Å². The van der Waals surface area contributed by atoms with Gasteiger partial charge >= 0.3 is 10.1 Å². The second kappa shape index (κ2) is 4.12. The highest BCUT2D eigenvalue weighted by Gasteiger charge is 2.17. The highest BCUT2D eigenvalue weighted by atomic mass is 79.9. The Hall–Kier alpha value is -0.980. The minimum Gasteiger partial charge on any atom is -0.281 e. The Morgan fingerprint density at radius 1 is 1.31 bits per heavy atom. The zero-order valence-corrected chi connectivity index (χ0v) is 10.5. The van der Waals surface area contributed by atoms with Crippen molar-refractivity contribution in [2.24, 2.45) is 0 Å². The predicted molar refractivity (Wildman–Crippen MR) is 64.2 cm³/mol. The van der Waals surface area contributed by atoms with Crippen molar-refractivity contribution in [1.82, 2.24) is 4.98 Å². The van der Waals surface area contributed by atoms with Gasteiger partial charge in [0.05, 0.1) is 5.52 Å². The van der Waals surface area contributed by atoms with Crippen LogP contribution >= 0.6 is 15.9 Å². The topological polar surface area (TPSA) is 67.3 Å². The van der Waals surface area contributed by atoms with Crippen LogP contribution in [0, 0.1) is 0 Å². The maximum atomic E-state index is 11.1. The molecule has 84 valence electrons. The Labute approximate surface area is 101 Å². The molecule has 1 aromatic heterocycles. The summed E-state index contributed by atoms with van der Waals surface area (Å²) in [5.74, 6) is 0. The monoisotopic (exact) mass is 301 g/mol. The number of hydrogen-bond acceptors (Lipinski definition) is 3. The van der Waals surface area contributed by atoms with Crippen LogP contribution in [0.3, 0.4) is 0 Å². The summed E-state index contributed by atoms with van der Waals surface area (Å²) in [7, 11) is -4.28. The summed E-state index contributed by atoms with van der Waals surface area (Å²) in [6, 6.07) is 8.83. The highest BCUT2D eigenvalue weighted by Crippen LogP contribution is 2.21. The number of halogens is 1. The lowest BCUT2D eigenvalue weighted by atomic mass is 10.2. The smallest absolute Gasteiger partial charge is 0.281 e. The Bertz CT molecular complexity index is 640. The molecule has 2 rings (SSSR count). The molecule has 0 fully saturated rings. The summed E-state index contributed by atoms with van der Waals surface area (Å²) >= 11 is 3.17. The average Bonchev–Trinajstić information content (AvgIpc) is 2.26. The Balaban J connectivity index is 2.83. The predicted octanol–water partition coefficient (Wildman–Crippen LogP) is 2.38. The van der Waals surface area contributed by atoms with Crippen LogP contribution in [-0.4, -0.2) is 18.0 Å². The molecule has 2 aromatic rings. The summed E-state index contributed by atoms with van der Waals surface area (Å²) in [6.07, 6.45) is 0. The molecule has 0 saturated heterocycles. The van der Waals surface area contributed by atoms with E-state index in [9.17, 15) is 8.42 Å². The Morgan fingerprint density at radius 3 is 2.62 bits per heavy atom. The number of hydrogen-bond donors (Lipinski definition) is 1. The Morgan fingerprint density at radius 2 is 2.00 bits per heavy atom. The molecule has 0 aliphatic rings. The van der Waals surface area contributed by atoms with Gasteiger partial charge in [-0.15, -0.1) is 0 Å². The molecule has 0 saturated carbocycles. The van der Waals surface area contributed by atoms with Gasteiger partial charge in [0, 0.05) is 16.3 Å².